The van der Waals surface area contributed by atoms with E-state index in [9.17, 15) is 8.42 Å². The lowest BCUT2D eigenvalue weighted by Gasteiger charge is -2.19. The van der Waals surface area contributed by atoms with Crippen molar-refractivity contribution in [2.24, 2.45) is 7.05 Å². The first-order chi connectivity index (χ1) is 10.0. The maximum Gasteiger partial charge on any atom is 0.245 e. The van der Waals surface area contributed by atoms with E-state index in [1.54, 1.807) is 22.6 Å². The fraction of sp³-hybridized carbons (Fsp3) is 0.600. The second-order valence-corrected chi connectivity index (χ2v) is 7.92. The first kappa shape index (κ1) is 14.8. The van der Waals surface area contributed by atoms with E-state index >= 15 is 0 Å². The largest absolute Gasteiger partial charge is 0.352 e. The second-order valence-electron chi connectivity index (χ2n) is 6.03. The molecule has 0 amide bonds. The summed E-state index contributed by atoms with van der Waals surface area (Å²) in [6.45, 7) is 4.79. The van der Waals surface area contributed by atoms with Crippen LogP contribution in [0.25, 0.3) is 0 Å². The number of aromatic nitrogens is 1. The fourth-order valence-electron chi connectivity index (χ4n) is 2.50. The predicted molar refractivity (Wildman–Crippen MR) is 82.4 cm³/mol. The van der Waals surface area contributed by atoms with Gasteiger partial charge in [0.25, 0.3) is 0 Å². The van der Waals surface area contributed by atoms with Crippen LogP contribution in [0, 0.1) is 0 Å². The summed E-state index contributed by atoms with van der Waals surface area (Å²) >= 11 is 0. The van der Waals surface area contributed by atoms with Gasteiger partial charge in [0, 0.05) is 44.1 Å². The van der Waals surface area contributed by atoms with E-state index in [4.69, 9.17) is 0 Å². The van der Waals surface area contributed by atoms with Crippen LogP contribution in [0.4, 0.5) is 0 Å². The zero-order chi connectivity index (χ0) is 15.0. The lowest BCUT2D eigenvalue weighted by Crippen LogP contribution is -2.33. The monoisotopic (exact) mass is 309 g/mol. The third kappa shape index (κ3) is 3.22. The van der Waals surface area contributed by atoms with Crippen molar-refractivity contribution in [3.05, 3.63) is 30.6 Å². The Kier molecular flexibility index (Phi) is 3.94. The zero-order valence-corrected chi connectivity index (χ0v) is 13.3. The third-order valence-corrected chi connectivity index (χ3v) is 5.99. The number of nitrogens with zero attached hydrogens (tertiary/aromatic N) is 2. The van der Waals surface area contributed by atoms with E-state index in [0.29, 0.717) is 17.5 Å². The molecule has 0 aliphatic heterocycles. The molecule has 21 heavy (non-hydrogen) atoms. The van der Waals surface area contributed by atoms with Crippen LogP contribution in [0.2, 0.25) is 0 Å². The van der Waals surface area contributed by atoms with Crippen molar-refractivity contribution in [2.45, 2.75) is 49.2 Å². The molecule has 0 atom stereocenters. The third-order valence-electron chi connectivity index (χ3n) is 4.10. The Morgan fingerprint density at radius 3 is 2.71 bits per heavy atom. The van der Waals surface area contributed by atoms with E-state index in [2.05, 4.69) is 11.9 Å². The summed E-state index contributed by atoms with van der Waals surface area (Å²) < 4.78 is 29.0. The van der Waals surface area contributed by atoms with Crippen LogP contribution >= 0.6 is 0 Å². The summed E-state index contributed by atoms with van der Waals surface area (Å²) in [7, 11) is -1.51. The number of sulfonamides is 1. The molecule has 0 unspecified atom stereocenters. The summed E-state index contributed by atoms with van der Waals surface area (Å²) in [5.41, 5.74) is 1.01. The van der Waals surface area contributed by atoms with E-state index in [0.717, 1.165) is 25.1 Å². The molecular formula is C15H23N3O2S. The van der Waals surface area contributed by atoms with Gasteiger partial charge in [0.1, 0.15) is 4.90 Å². The van der Waals surface area contributed by atoms with Crippen LogP contribution in [0.5, 0.6) is 0 Å². The number of rotatable bonds is 8. The van der Waals surface area contributed by atoms with Crippen molar-refractivity contribution in [2.75, 3.05) is 6.54 Å². The van der Waals surface area contributed by atoms with E-state index in [1.165, 1.54) is 12.8 Å². The molecule has 2 aliphatic rings. The summed E-state index contributed by atoms with van der Waals surface area (Å²) in [4.78, 5) is 0.395. The van der Waals surface area contributed by atoms with E-state index in [-0.39, 0.29) is 6.04 Å². The molecule has 1 N–H and O–H groups in total. The molecular weight excluding hydrogens is 286 g/mol. The minimum absolute atomic E-state index is 0.154. The number of hydrogen-bond donors (Lipinski definition) is 1. The Bertz CT molecular complexity index is 627. The molecule has 0 bridgehead atoms. The van der Waals surface area contributed by atoms with Crippen molar-refractivity contribution < 1.29 is 8.42 Å². The Labute approximate surface area is 126 Å². The minimum Gasteiger partial charge on any atom is -0.352 e. The van der Waals surface area contributed by atoms with Gasteiger partial charge in [-0.05, 0) is 31.7 Å². The Morgan fingerprint density at radius 2 is 2.14 bits per heavy atom. The van der Waals surface area contributed by atoms with Crippen molar-refractivity contribution >= 4 is 10.0 Å². The molecule has 2 aliphatic carbocycles. The van der Waals surface area contributed by atoms with Crippen LogP contribution in [0.1, 0.15) is 31.4 Å². The molecule has 0 spiro atoms. The molecule has 5 nitrogen and oxygen atoms in total. The van der Waals surface area contributed by atoms with Gasteiger partial charge in [-0.15, -0.1) is 6.58 Å². The van der Waals surface area contributed by atoms with Crippen LogP contribution in [0.15, 0.2) is 29.8 Å². The fourth-order valence-corrected chi connectivity index (χ4v) is 4.25. The van der Waals surface area contributed by atoms with Crippen LogP contribution in [0.3, 0.4) is 0 Å². The van der Waals surface area contributed by atoms with Crippen LogP contribution in [-0.2, 0) is 23.6 Å². The molecule has 116 valence electrons. The van der Waals surface area contributed by atoms with Crippen molar-refractivity contribution in [3.63, 3.8) is 0 Å². The average molecular weight is 309 g/mol. The molecule has 0 saturated heterocycles. The van der Waals surface area contributed by atoms with Crippen molar-refractivity contribution in [1.29, 1.82) is 0 Å². The number of nitrogens with one attached hydrogen (secondary N) is 1. The highest BCUT2D eigenvalue weighted by atomic mass is 32.2. The summed E-state index contributed by atoms with van der Waals surface area (Å²) in [6.07, 6.45) is 7.74. The van der Waals surface area contributed by atoms with Crippen molar-refractivity contribution in [3.8, 4) is 0 Å². The zero-order valence-electron chi connectivity index (χ0n) is 12.5. The van der Waals surface area contributed by atoms with Crippen LogP contribution < -0.4 is 5.32 Å². The Morgan fingerprint density at radius 1 is 1.43 bits per heavy atom. The first-order valence-corrected chi connectivity index (χ1v) is 8.97. The highest BCUT2D eigenvalue weighted by Crippen LogP contribution is 2.32. The molecule has 0 aromatic carbocycles. The Balaban J connectivity index is 1.80. The molecule has 2 fully saturated rings. The Hall–Kier alpha value is -1.11. The summed E-state index contributed by atoms with van der Waals surface area (Å²) in [5.74, 6) is 0. The SMILES string of the molecule is C=CCN(C1CC1)S(=O)(=O)c1cc(CNC2CC2)n(C)c1. The number of aryl methyl sites for hydroxylation is 1. The van der Waals surface area contributed by atoms with Gasteiger partial charge in [-0.3, -0.25) is 0 Å². The maximum absolute atomic E-state index is 12.8. The molecule has 1 heterocycles. The lowest BCUT2D eigenvalue weighted by molar-refractivity contribution is 0.436. The second kappa shape index (κ2) is 5.59. The van der Waals surface area contributed by atoms with E-state index < -0.39 is 10.0 Å². The van der Waals surface area contributed by atoms with Gasteiger partial charge in [0.2, 0.25) is 10.0 Å². The minimum atomic E-state index is -3.41. The quantitative estimate of drug-likeness (QED) is 0.742. The standard InChI is InChI=1S/C15H23N3O2S/c1-3-8-18(13-6-7-13)21(19,20)15-9-14(17(2)11-15)10-16-12-4-5-12/h3,9,11-13,16H,1,4-8,10H2,2H3. The molecule has 1 aromatic heterocycles. The van der Waals surface area contributed by atoms with Crippen LogP contribution in [-0.4, -0.2) is 35.9 Å². The number of hydrogen-bond acceptors (Lipinski definition) is 3. The lowest BCUT2D eigenvalue weighted by atomic mass is 10.4. The van der Waals surface area contributed by atoms with Crippen molar-refractivity contribution in [1.82, 2.24) is 14.2 Å². The molecule has 2 saturated carbocycles. The van der Waals surface area contributed by atoms with Gasteiger partial charge in [0.15, 0.2) is 0 Å². The summed E-state index contributed by atoms with van der Waals surface area (Å²) in [5, 5.41) is 3.42. The highest BCUT2D eigenvalue weighted by Gasteiger charge is 2.37. The van der Waals surface area contributed by atoms with Gasteiger partial charge in [-0.2, -0.15) is 4.31 Å². The maximum atomic E-state index is 12.8. The summed E-state index contributed by atoms with van der Waals surface area (Å²) in [6, 6.07) is 2.56. The van der Waals surface area contributed by atoms with Gasteiger partial charge >= 0.3 is 0 Å². The van der Waals surface area contributed by atoms with Gasteiger partial charge < -0.3 is 9.88 Å². The molecule has 0 radical (unpaired) electrons. The normalized spacial score (nSPS) is 19.1. The predicted octanol–water partition coefficient (Wildman–Crippen LogP) is 1.62. The first-order valence-electron chi connectivity index (χ1n) is 7.53. The smallest absolute Gasteiger partial charge is 0.245 e. The average Bonchev–Trinajstić information content (AvgIpc) is 3.33. The van der Waals surface area contributed by atoms with E-state index in [1.807, 2.05) is 11.6 Å². The molecule has 6 heteroatoms. The topological polar surface area (TPSA) is 54.3 Å². The molecule has 1 aromatic rings. The van der Waals surface area contributed by atoms with Gasteiger partial charge in [0.05, 0.1) is 0 Å². The van der Waals surface area contributed by atoms with Gasteiger partial charge in [-0.1, -0.05) is 6.08 Å². The highest BCUT2D eigenvalue weighted by molar-refractivity contribution is 7.89. The molecule has 3 rings (SSSR count). The van der Waals surface area contributed by atoms with Gasteiger partial charge in [-0.25, -0.2) is 8.42 Å².